The van der Waals surface area contributed by atoms with Gasteiger partial charge in [-0.05, 0) is 68.2 Å². The van der Waals surface area contributed by atoms with Gasteiger partial charge in [-0.2, -0.15) is 0 Å². The first-order chi connectivity index (χ1) is 16.9. The molecule has 9 nitrogen and oxygen atoms in total. The Labute approximate surface area is 205 Å². The van der Waals surface area contributed by atoms with E-state index in [2.05, 4.69) is 17.4 Å². The van der Waals surface area contributed by atoms with Gasteiger partial charge in [-0.1, -0.05) is 24.3 Å². The molecule has 0 bridgehead atoms. The molecule has 4 aliphatic rings. The van der Waals surface area contributed by atoms with Crippen molar-refractivity contribution in [1.29, 1.82) is 0 Å². The number of carbonyl (C=O) groups excluding carboxylic acids is 3. The second-order valence-electron chi connectivity index (χ2n) is 10.4. The summed E-state index contributed by atoms with van der Waals surface area (Å²) in [6.07, 6.45) is 4.71. The van der Waals surface area contributed by atoms with Gasteiger partial charge in [0, 0.05) is 32.6 Å². The molecule has 5 rings (SSSR count). The van der Waals surface area contributed by atoms with Crippen LogP contribution in [0.5, 0.6) is 0 Å². The average Bonchev–Trinajstić information content (AvgIpc) is 3.28. The summed E-state index contributed by atoms with van der Waals surface area (Å²) >= 11 is 0. The lowest BCUT2D eigenvalue weighted by molar-refractivity contribution is -0.167. The maximum Gasteiger partial charge on any atom is 0.327 e. The number of carbonyl (C=O) groups is 4. The van der Waals surface area contributed by atoms with E-state index < -0.39 is 24.0 Å². The Hall–Kier alpha value is -2.94. The van der Waals surface area contributed by atoms with Crippen molar-refractivity contribution < 1.29 is 24.3 Å². The summed E-state index contributed by atoms with van der Waals surface area (Å²) in [4.78, 5) is 55.0. The number of hydrogen-bond acceptors (Lipinski definition) is 5. The topological polar surface area (TPSA) is 110 Å². The van der Waals surface area contributed by atoms with Gasteiger partial charge in [0.15, 0.2) is 6.04 Å². The number of β-lactam (4-membered cyclic amide) rings is 1. The van der Waals surface area contributed by atoms with Gasteiger partial charge >= 0.3 is 12.0 Å². The summed E-state index contributed by atoms with van der Waals surface area (Å²) in [5.74, 6) is -1.40. The monoisotopic (exact) mass is 482 g/mol. The third-order valence-electron chi connectivity index (χ3n) is 8.22. The molecule has 35 heavy (non-hydrogen) atoms. The van der Waals surface area contributed by atoms with Crippen LogP contribution in [0.25, 0.3) is 0 Å². The normalized spacial score (nSPS) is 25.4. The molecule has 4 amide bonds. The van der Waals surface area contributed by atoms with Crippen LogP contribution in [0, 0.1) is 17.8 Å². The van der Waals surface area contributed by atoms with Gasteiger partial charge in [-0.15, -0.1) is 0 Å². The van der Waals surface area contributed by atoms with Crippen LogP contribution in [-0.4, -0.2) is 88.9 Å². The Morgan fingerprint density at radius 3 is 2.11 bits per heavy atom. The van der Waals surface area contributed by atoms with Crippen LogP contribution in [0.1, 0.15) is 36.8 Å². The summed E-state index contributed by atoms with van der Waals surface area (Å²) in [5, 5.41) is 13.0. The number of aliphatic carboxylic acids is 1. The molecule has 3 saturated heterocycles. The number of amides is 4. The molecule has 9 heteroatoms. The number of carboxylic acid groups (broad SMARTS) is 1. The van der Waals surface area contributed by atoms with E-state index >= 15 is 0 Å². The molecule has 188 valence electrons. The first-order valence-corrected chi connectivity index (χ1v) is 12.8. The molecule has 0 saturated carbocycles. The Morgan fingerprint density at radius 2 is 1.51 bits per heavy atom. The molecule has 3 aliphatic heterocycles. The van der Waals surface area contributed by atoms with E-state index in [0.717, 1.165) is 43.7 Å². The number of hydrogen-bond donors (Lipinski definition) is 2. The zero-order chi connectivity index (χ0) is 24.5. The van der Waals surface area contributed by atoms with Crippen LogP contribution in [-0.2, 0) is 27.2 Å². The average molecular weight is 483 g/mol. The number of carboxylic acids is 1. The molecule has 0 aromatic heterocycles. The lowest BCUT2D eigenvalue weighted by Crippen LogP contribution is -2.69. The largest absolute Gasteiger partial charge is 0.480 e. The SMILES string of the molecule is O=C(O)[C@@H]1[C@@H](CC2CCNCC2)C(=O)N1C(=O)N1CCN(C(=O)CC2Cc3ccccc3C2)CC1. The molecular weight excluding hydrogens is 448 g/mol. The number of piperazine rings is 1. The van der Waals surface area contributed by atoms with Crippen molar-refractivity contribution in [3.63, 3.8) is 0 Å². The van der Waals surface area contributed by atoms with E-state index in [1.165, 1.54) is 16.0 Å². The molecule has 1 aromatic carbocycles. The van der Waals surface area contributed by atoms with Crippen LogP contribution >= 0.6 is 0 Å². The molecule has 3 heterocycles. The Balaban J connectivity index is 1.12. The highest BCUT2D eigenvalue weighted by Gasteiger charge is 2.56. The van der Waals surface area contributed by atoms with Crippen molar-refractivity contribution in [2.75, 3.05) is 39.3 Å². The maximum atomic E-state index is 13.1. The Morgan fingerprint density at radius 1 is 0.914 bits per heavy atom. The number of imide groups is 1. The Kier molecular flexibility index (Phi) is 6.77. The zero-order valence-electron chi connectivity index (χ0n) is 20.0. The highest BCUT2D eigenvalue weighted by atomic mass is 16.4. The number of fused-ring (bicyclic) bond motifs is 1. The molecular formula is C26H34N4O5. The quantitative estimate of drug-likeness (QED) is 0.614. The Bertz CT molecular complexity index is 974. The highest BCUT2D eigenvalue weighted by Crippen LogP contribution is 2.36. The van der Waals surface area contributed by atoms with Crippen LogP contribution in [0.3, 0.4) is 0 Å². The third-order valence-corrected chi connectivity index (χ3v) is 8.22. The predicted octanol–water partition coefficient (Wildman–Crippen LogP) is 1.36. The van der Waals surface area contributed by atoms with Crippen LogP contribution in [0.2, 0.25) is 0 Å². The molecule has 1 aromatic rings. The van der Waals surface area contributed by atoms with E-state index in [-0.39, 0.29) is 11.8 Å². The fourth-order valence-electron chi connectivity index (χ4n) is 6.22. The molecule has 1 aliphatic carbocycles. The van der Waals surface area contributed by atoms with Gasteiger partial charge in [0.05, 0.1) is 5.92 Å². The van der Waals surface area contributed by atoms with Gasteiger partial charge in [-0.3, -0.25) is 9.59 Å². The lowest BCUT2D eigenvalue weighted by atomic mass is 9.78. The molecule has 2 atom stereocenters. The van der Waals surface area contributed by atoms with Gasteiger partial charge in [0.1, 0.15) is 0 Å². The first kappa shape index (κ1) is 23.8. The van der Waals surface area contributed by atoms with Crippen molar-refractivity contribution in [2.45, 2.75) is 44.6 Å². The van der Waals surface area contributed by atoms with E-state index in [4.69, 9.17) is 0 Å². The second kappa shape index (κ2) is 9.97. The number of nitrogens with one attached hydrogen (secondary N) is 1. The van der Waals surface area contributed by atoms with Crippen molar-refractivity contribution >= 4 is 23.8 Å². The van der Waals surface area contributed by atoms with Crippen LogP contribution in [0.15, 0.2) is 24.3 Å². The van der Waals surface area contributed by atoms with Crippen molar-refractivity contribution in [1.82, 2.24) is 20.0 Å². The van der Waals surface area contributed by atoms with E-state index in [1.807, 2.05) is 12.1 Å². The first-order valence-electron chi connectivity index (χ1n) is 12.8. The second-order valence-corrected chi connectivity index (χ2v) is 10.4. The smallest absolute Gasteiger partial charge is 0.327 e. The fraction of sp³-hybridized carbons (Fsp3) is 0.615. The molecule has 2 N–H and O–H groups in total. The van der Waals surface area contributed by atoms with E-state index in [1.54, 1.807) is 4.90 Å². The number of benzene rings is 1. The third kappa shape index (κ3) is 4.78. The number of likely N-dealkylation sites (tertiary alicyclic amines) is 1. The zero-order valence-corrected chi connectivity index (χ0v) is 20.0. The molecule has 0 unspecified atom stereocenters. The molecule has 0 spiro atoms. The summed E-state index contributed by atoms with van der Waals surface area (Å²) in [7, 11) is 0. The number of rotatable bonds is 5. The number of nitrogens with zero attached hydrogens (tertiary/aromatic N) is 3. The minimum absolute atomic E-state index is 0.0976. The number of piperidine rings is 1. The maximum absolute atomic E-state index is 13.1. The van der Waals surface area contributed by atoms with Gasteiger partial charge in [0.2, 0.25) is 11.8 Å². The van der Waals surface area contributed by atoms with Gasteiger partial charge in [-0.25, -0.2) is 14.5 Å². The minimum atomic E-state index is -1.12. The van der Waals surface area contributed by atoms with E-state index in [0.29, 0.717) is 50.9 Å². The van der Waals surface area contributed by atoms with Gasteiger partial charge < -0.3 is 20.2 Å². The standard InChI is InChI=1S/C26H34N4O5/c31-22(16-18-13-19-3-1-2-4-20(19)14-18)28-9-11-29(12-10-28)26(35)30-23(25(33)34)21(24(30)32)15-17-5-7-27-8-6-17/h1-4,17-18,21,23,27H,5-16H2,(H,33,34)/t21-,23+/m1/s1. The van der Waals surface area contributed by atoms with E-state index in [9.17, 15) is 24.3 Å². The summed E-state index contributed by atoms with van der Waals surface area (Å²) in [5.41, 5.74) is 2.65. The van der Waals surface area contributed by atoms with Crippen molar-refractivity contribution in [3.05, 3.63) is 35.4 Å². The van der Waals surface area contributed by atoms with Crippen LogP contribution in [0.4, 0.5) is 4.79 Å². The van der Waals surface area contributed by atoms with Crippen LogP contribution < -0.4 is 5.32 Å². The predicted molar refractivity (Wildman–Crippen MR) is 127 cm³/mol. The highest BCUT2D eigenvalue weighted by molar-refractivity contribution is 6.07. The fourth-order valence-corrected chi connectivity index (χ4v) is 6.22. The minimum Gasteiger partial charge on any atom is -0.480 e. The molecule has 0 radical (unpaired) electrons. The van der Waals surface area contributed by atoms with Gasteiger partial charge in [0.25, 0.3) is 0 Å². The molecule has 3 fully saturated rings. The summed E-state index contributed by atoms with van der Waals surface area (Å²) < 4.78 is 0. The lowest BCUT2D eigenvalue weighted by Gasteiger charge is -2.47. The van der Waals surface area contributed by atoms with Crippen molar-refractivity contribution in [2.24, 2.45) is 17.8 Å². The summed E-state index contributed by atoms with van der Waals surface area (Å²) in [6, 6.07) is 6.70. The van der Waals surface area contributed by atoms with Crippen molar-refractivity contribution in [3.8, 4) is 0 Å². The number of urea groups is 1. The summed E-state index contributed by atoms with van der Waals surface area (Å²) in [6.45, 7) is 3.19.